The van der Waals surface area contributed by atoms with E-state index in [1.54, 1.807) is 39.8 Å². The van der Waals surface area contributed by atoms with Crippen molar-refractivity contribution in [1.29, 1.82) is 0 Å². The Morgan fingerprint density at radius 2 is 1.66 bits per heavy atom. The minimum atomic E-state index is -3.47. The van der Waals surface area contributed by atoms with E-state index in [9.17, 15) is 18.3 Å². The van der Waals surface area contributed by atoms with Gasteiger partial charge in [0.1, 0.15) is 14.2 Å². The van der Waals surface area contributed by atoms with Crippen molar-refractivity contribution >= 4 is 23.9 Å². The molecule has 5 nitrogen and oxygen atoms in total. The molecule has 166 valence electrons. The van der Waals surface area contributed by atoms with Crippen molar-refractivity contribution < 1.29 is 23.1 Å². The smallest absolute Gasteiger partial charge is 0.333 e. The van der Waals surface area contributed by atoms with Crippen LogP contribution in [0.1, 0.15) is 48.5 Å². The fourth-order valence-electron chi connectivity index (χ4n) is 3.08. The number of hydrogen-bond acceptors (Lipinski definition) is 5. The number of carbonyl (C=O) groups is 1. The first-order valence-corrected chi connectivity index (χ1v) is 14.6. The van der Waals surface area contributed by atoms with Gasteiger partial charge >= 0.3 is 5.97 Å². The summed E-state index contributed by atoms with van der Waals surface area (Å²) in [5.74, 6) is 1.88. The third kappa shape index (κ3) is 8.89. The van der Waals surface area contributed by atoms with Crippen molar-refractivity contribution in [2.24, 2.45) is 5.92 Å². The van der Waals surface area contributed by atoms with Gasteiger partial charge in [-0.15, -0.1) is 5.54 Å². The number of rotatable bonds is 10. The predicted molar refractivity (Wildman–Crippen MR) is 123 cm³/mol. The highest BCUT2D eigenvalue weighted by molar-refractivity contribution is 7.92. The normalized spacial score (nSPS) is 16.4. The van der Waals surface area contributed by atoms with E-state index < -0.39 is 41.2 Å². The Hall–Kier alpha value is -1.36. The molecule has 3 atom stereocenters. The van der Waals surface area contributed by atoms with Crippen molar-refractivity contribution in [3.8, 4) is 11.5 Å². The molecule has 0 aliphatic carbocycles. The molecule has 7 heteroatoms. The van der Waals surface area contributed by atoms with Gasteiger partial charge in [-0.1, -0.05) is 45.3 Å². The molecule has 0 saturated carbocycles. The molecule has 0 aromatic carbocycles. The molecular formula is C22H38O5SSi. The van der Waals surface area contributed by atoms with Crippen LogP contribution < -0.4 is 0 Å². The molecule has 0 amide bonds. The Balaban J connectivity index is 5.31. The van der Waals surface area contributed by atoms with E-state index in [1.807, 2.05) is 0 Å². The maximum Gasteiger partial charge on any atom is 0.333 e. The topological polar surface area (TPSA) is 80.7 Å². The second-order valence-electron chi connectivity index (χ2n) is 7.80. The molecule has 0 aliphatic heterocycles. The summed E-state index contributed by atoms with van der Waals surface area (Å²) in [5, 5.41) is 9.68. The summed E-state index contributed by atoms with van der Waals surface area (Å²) in [4.78, 5) is 11.5. The predicted octanol–water partition coefficient (Wildman–Crippen LogP) is 3.90. The van der Waals surface area contributed by atoms with Crippen LogP contribution in [0.25, 0.3) is 0 Å². The maximum atomic E-state index is 12.7. The number of carbonyl (C=O) groups excluding carboxylic acids is 1. The second-order valence-corrected chi connectivity index (χ2v) is 15.1. The fraction of sp³-hybridized carbons (Fsp3) is 0.682. The summed E-state index contributed by atoms with van der Waals surface area (Å²) in [6.07, 6.45) is 2.25. The van der Waals surface area contributed by atoms with E-state index in [1.165, 1.54) is 7.11 Å². The summed E-state index contributed by atoms with van der Waals surface area (Å²) >= 11 is 0. The van der Waals surface area contributed by atoms with Gasteiger partial charge in [0, 0.05) is 11.5 Å². The molecule has 0 heterocycles. The second kappa shape index (κ2) is 12.4. The number of hydrogen-bond donors (Lipinski definition) is 1. The molecule has 0 aliphatic rings. The average Bonchev–Trinajstić information content (AvgIpc) is 2.67. The lowest BCUT2D eigenvalue weighted by Crippen LogP contribution is -2.32. The van der Waals surface area contributed by atoms with Crippen LogP contribution in [0, 0.1) is 17.4 Å². The number of aliphatic hydroxyl groups excluding tert-OH is 1. The monoisotopic (exact) mass is 442 g/mol. The zero-order valence-corrected chi connectivity index (χ0v) is 21.0. The van der Waals surface area contributed by atoms with Crippen LogP contribution >= 0.6 is 0 Å². The summed E-state index contributed by atoms with van der Waals surface area (Å²) in [6.45, 7) is 13.1. The molecule has 1 unspecified atom stereocenters. The van der Waals surface area contributed by atoms with E-state index in [4.69, 9.17) is 0 Å². The van der Waals surface area contributed by atoms with E-state index in [0.29, 0.717) is 11.1 Å². The maximum absolute atomic E-state index is 12.7. The molecule has 29 heavy (non-hydrogen) atoms. The van der Waals surface area contributed by atoms with Gasteiger partial charge in [-0.25, -0.2) is 13.2 Å². The summed E-state index contributed by atoms with van der Waals surface area (Å²) < 4.78 is 30.1. The van der Waals surface area contributed by atoms with Crippen molar-refractivity contribution in [2.45, 2.75) is 78.0 Å². The molecule has 1 N–H and O–H groups in total. The minimum absolute atomic E-state index is 0.146. The highest BCUT2D eigenvalue weighted by atomic mass is 32.2. The van der Waals surface area contributed by atoms with Gasteiger partial charge in [-0.2, -0.15) is 0 Å². The SMILES string of the molecule is CC[Si](C#C[C@@H](O)[C@H](C)CS(=O)(=O)C(C)/C=C(C)/C=C(\C)C(=O)OC)(CC)CC. The number of ether oxygens (including phenoxy) is 1. The molecule has 0 aromatic heterocycles. The molecule has 0 aromatic rings. The Morgan fingerprint density at radius 3 is 2.10 bits per heavy atom. The van der Waals surface area contributed by atoms with Crippen LogP contribution in [0.4, 0.5) is 0 Å². The van der Waals surface area contributed by atoms with Gasteiger partial charge in [-0.05, 0) is 45.0 Å². The van der Waals surface area contributed by atoms with Gasteiger partial charge in [0.15, 0.2) is 9.84 Å². The minimum Gasteiger partial charge on any atom is -0.466 e. The largest absolute Gasteiger partial charge is 0.466 e. The summed E-state index contributed by atoms with van der Waals surface area (Å²) in [6, 6.07) is 3.10. The standard InChI is InChI=1S/C22H38O5SSi/c1-9-29(10-2,11-3)13-12-21(23)19(6)16-28(25,26)20(7)15-17(4)14-18(5)22(24)27-8/h14-15,19-21,23H,9-11,16H2,1-8H3/b17-15+,18-14+/t19-,20?,21-/m1/s1. The molecule has 0 bridgehead atoms. The molecule has 0 rings (SSSR count). The highest BCUT2D eigenvalue weighted by Gasteiger charge is 2.27. The third-order valence-corrected chi connectivity index (χ3v) is 12.6. The van der Waals surface area contributed by atoms with E-state index in [-0.39, 0.29) is 5.75 Å². The Bertz CT molecular complexity index is 758. The molecular weight excluding hydrogens is 404 g/mol. The van der Waals surface area contributed by atoms with Crippen molar-refractivity contribution in [2.75, 3.05) is 12.9 Å². The van der Waals surface area contributed by atoms with Gasteiger partial charge in [0.25, 0.3) is 0 Å². The summed E-state index contributed by atoms with van der Waals surface area (Å²) in [7, 11) is -3.85. The molecule has 0 spiro atoms. The number of sulfone groups is 1. The van der Waals surface area contributed by atoms with Crippen LogP contribution in [0.5, 0.6) is 0 Å². The van der Waals surface area contributed by atoms with E-state index in [0.717, 1.165) is 18.1 Å². The fourth-order valence-corrected chi connectivity index (χ4v) is 7.20. The Morgan fingerprint density at radius 1 is 1.14 bits per heavy atom. The Kier molecular flexibility index (Phi) is 11.8. The van der Waals surface area contributed by atoms with E-state index in [2.05, 4.69) is 37.0 Å². The number of esters is 1. The van der Waals surface area contributed by atoms with Gasteiger partial charge in [0.05, 0.1) is 18.1 Å². The van der Waals surface area contributed by atoms with Gasteiger partial charge < -0.3 is 9.84 Å². The van der Waals surface area contributed by atoms with Gasteiger partial charge in [-0.3, -0.25) is 0 Å². The lowest BCUT2D eigenvalue weighted by Gasteiger charge is -2.21. The lowest BCUT2D eigenvalue weighted by atomic mass is 10.1. The highest BCUT2D eigenvalue weighted by Crippen LogP contribution is 2.20. The lowest BCUT2D eigenvalue weighted by molar-refractivity contribution is -0.136. The third-order valence-electron chi connectivity index (χ3n) is 5.57. The van der Waals surface area contributed by atoms with Gasteiger partial charge in [0.2, 0.25) is 0 Å². The first kappa shape index (κ1) is 27.6. The van der Waals surface area contributed by atoms with E-state index >= 15 is 0 Å². The van der Waals surface area contributed by atoms with Crippen molar-refractivity contribution in [1.82, 2.24) is 0 Å². The molecule has 0 fully saturated rings. The van der Waals surface area contributed by atoms with Crippen molar-refractivity contribution in [3.63, 3.8) is 0 Å². The first-order chi connectivity index (χ1) is 13.4. The first-order valence-electron chi connectivity index (χ1n) is 10.2. The number of methoxy groups -OCH3 is 1. The van der Waals surface area contributed by atoms with Crippen LogP contribution in [-0.2, 0) is 19.4 Å². The zero-order chi connectivity index (χ0) is 22.8. The summed E-state index contributed by atoms with van der Waals surface area (Å²) in [5.41, 5.74) is 4.40. The van der Waals surface area contributed by atoms with Crippen LogP contribution in [-0.4, -0.2) is 51.8 Å². The zero-order valence-electron chi connectivity index (χ0n) is 19.2. The Labute approximate surface area is 178 Å². The van der Waals surface area contributed by atoms with Crippen LogP contribution in [0.15, 0.2) is 23.3 Å². The average molecular weight is 443 g/mol. The molecule has 0 radical (unpaired) electrons. The number of allylic oxidation sites excluding steroid dienone is 2. The molecule has 0 saturated heterocycles. The number of aliphatic hydroxyl groups is 1. The van der Waals surface area contributed by atoms with Crippen molar-refractivity contribution in [3.05, 3.63) is 23.3 Å². The quantitative estimate of drug-likeness (QED) is 0.182. The van der Waals surface area contributed by atoms with Crippen LogP contribution in [0.3, 0.4) is 0 Å². The van der Waals surface area contributed by atoms with Crippen LogP contribution in [0.2, 0.25) is 18.1 Å².